The van der Waals surface area contributed by atoms with Gasteiger partial charge in [0, 0.05) is 6.07 Å². The fourth-order valence-electron chi connectivity index (χ4n) is 3.11. The van der Waals surface area contributed by atoms with Gasteiger partial charge >= 0.3 is 0 Å². The summed E-state index contributed by atoms with van der Waals surface area (Å²) in [5.41, 5.74) is 0. The van der Waals surface area contributed by atoms with Crippen molar-refractivity contribution in [1.82, 2.24) is 5.32 Å². The van der Waals surface area contributed by atoms with Crippen LogP contribution in [0.1, 0.15) is 12.8 Å². The van der Waals surface area contributed by atoms with Crippen LogP contribution in [-0.2, 0) is 0 Å². The Kier molecular flexibility index (Phi) is 3.65. The Balaban J connectivity index is 1.73. The van der Waals surface area contributed by atoms with E-state index in [4.69, 9.17) is 16.3 Å². The second-order valence-electron chi connectivity index (χ2n) is 5.45. The first-order chi connectivity index (χ1) is 9.13. The van der Waals surface area contributed by atoms with E-state index >= 15 is 0 Å². The van der Waals surface area contributed by atoms with Crippen LogP contribution in [0, 0.1) is 17.7 Å². The van der Waals surface area contributed by atoms with E-state index in [0.717, 1.165) is 25.9 Å². The van der Waals surface area contributed by atoms with Crippen LogP contribution in [-0.4, -0.2) is 30.4 Å². The lowest BCUT2D eigenvalue weighted by Crippen LogP contribution is -2.42. The molecule has 2 fully saturated rings. The van der Waals surface area contributed by atoms with Crippen molar-refractivity contribution in [2.75, 3.05) is 13.1 Å². The topological polar surface area (TPSA) is 41.5 Å². The molecule has 0 spiro atoms. The van der Waals surface area contributed by atoms with E-state index < -0.39 is 6.10 Å². The summed E-state index contributed by atoms with van der Waals surface area (Å²) in [6, 6.07) is 4.04. The van der Waals surface area contributed by atoms with E-state index in [9.17, 15) is 9.50 Å². The maximum atomic E-state index is 13.2. The number of aliphatic hydroxyl groups is 1. The zero-order valence-corrected chi connectivity index (χ0v) is 11.2. The molecule has 1 aromatic rings. The average molecular weight is 286 g/mol. The number of hydrogen-bond acceptors (Lipinski definition) is 3. The number of nitrogens with one attached hydrogen (secondary N) is 1. The van der Waals surface area contributed by atoms with Crippen molar-refractivity contribution in [3.05, 3.63) is 29.0 Å². The van der Waals surface area contributed by atoms with Crippen molar-refractivity contribution in [3.8, 4) is 5.75 Å². The summed E-state index contributed by atoms with van der Waals surface area (Å²) in [4.78, 5) is 0. The standard InChI is InChI=1S/C14H17ClFNO2/c15-11-2-1-10(16)5-13(11)19-14-4-9-7-17-6-8(9)3-12(14)18/h1-2,5,8-9,12,14,17-18H,3-4,6-7H2/t8-,9+,12+,14+/m0/s1. The summed E-state index contributed by atoms with van der Waals surface area (Å²) in [6.45, 7) is 1.93. The summed E-state index contributed by atoms with van der Waals surface area (Å²) in [6.07, 6.45) is 0.696. The molecule has 0 aromatic heterocycles. The Bertz CT molecular complexity index is 471. The van der Waals surface area contributed by atoms with Crippen LogP contribution in [0.15, 0.2) is 18.2 Å². The third-order valence-electron chi connectivity index (χ3n) is 4.16. The summed E-state index contributed by atoms with van der Waals surface area (Å²) < 4.78 is 18.9. The molecule has 5 heteroatoms. The lowest BCUT2D eigenvalue weighted by Gasteiger charge is -2.35. The summed E-state index contributed by atoms with van der Waals surface area (Å²) in [5, 5.41) is 13.9. The number of aliphatic hydroxyl groups excluding tert-OH is 1. The van der Waals surface area contributed by atoms with Gasteiger partial charge in [-0.3, -0.25) is 0 Å². The molecule has 2 N–H and O–H groups in total. The van der Waals surface area contributed by atoms with Crippen LogP contribution in [0.25, 0.3) is 0 Å². The predicted molar refractivity (Wildman–Crippen MR) is 70.9 cm³/mol. The fourth-order valence-corrected chi connectivity index (χ4v) is 3.28. The molecule has 3 nitrogen and oxygen atoms in total. The van der Waals surface area contributed by atoms with Gasteiger partial charge in [0.1, 0.15) is 17.7 Å². The smallest absolute Gasteiger partial charge is 0.141 e. The first kappa shape index (κ1) is 13.2. The quantitative estimate of drug-likeness (QED) is 0.875. The molecule has 0 unspecified atom stereocenters. The molecular formula is C14H17ClFNO2. The molecule has 19 heavy (non-hydrogen) atoms. The third kappa shape index (κ3) is 2.71. The molecule has 0 amide bonds. The minimum Gasteiger partial charge on any atom is -0.486 e. The first-order valence-corrected chi connectivity index (χ1v) is 7.02. The van der Waals surface area contributed by atoms with E-state index in [1.807, 2.05) is 0 Å². The molecule has 2 aliphatic rings. The molecular weight excluding hydrogens is 269 g/mol. The van der Waals surface area contributed by atoms with Crippen LogP contribution in [0.2, 0.25) is 5.02 Å². The zero-order chi connectivity index (χ0) is 13.4. The van der Waals surface area contributed by atoms with Crippen molar-refractivity contribution < 1.29 is 14.2 Å². The molecule has 0 radical (unpaired) electrons. The van der Waals surface area contributed by atoms with Crippen LogP contribution in [0.4, 0.5) is 4.39 Å². The van der Waals surface area contributed by atoms with Crippen LogP contribution >= 0.6 is 11.6 Å². The van der Waals surface area contributed by atoms with Crippen molar-refractivity contribution in [2.24, 2.45) is 11.8 Å². The van der Waals surface area contributed by atoms with Crippen LogP contribution in [0.3, 0.4) is 0 Å². The van der Waals surface area contributed by atoms with Crippen molar-refractivity contribution in [2.45, 2.75) is 25.0 Å². The number of halogens is 2. The minimum atomic E-state index is -0.513. The highest BCUT2D eigenvalue weighted by Gasteiger charge is 2.40. The zero-order valence-electron chi connectivity index (χ0n) is 10.5. The van der Waals surface area contributed by atoms with E-state index in [1.165, 1.54) is 18.2 Å². The highest BCUT2D eigenvalue weighted by Crippen LogP contribution is 2.36. The first-order valence-electron chi connectivity index (χ1n) is 6.64. The van der Waals surface area contributed by atoms with Crippen molar-refractivity contribution in [3.63, 3.8) is 0 Å². The van der Waals surface area contributed by atoms with Gasteiger partial charge < -0.3 is 15.2 Å². The Hall–Kier alpha value is -0.840. The summed E-state index contributed by atoms with van der Waals surface area (Å²) in [5.74, 6) is 0.985. The number of ether oxygens (including phenoxy) is 1. The van der Waals surface area contributed by atoms with Crippen molar-refractivity contribution in [1.29, 1.82) is 0 Å². The maximum Gasteiger partial charge on any atom is 0.141 e. The van der Waals surface area contributed by atoms with Gasteiger partial charge in [0.25, 0.3) is 0 Å². The number of rotatable bonds is 2. The molecule has 0 bridgehead atoms. The molecule has 1 saturated carbocycles. The lowest BCUT2D eigenvalue weighted by molar-refractivity contribution is -0.0232. The predicted octanol–water partition coefficient (Wildman–Crippen LogP) is 2.22. The second-order valence-corrected chi connectivity index (χ2v) is 5.86. The van der Waals surface area contributed by atoms with Gasteiger partial charge in [0.15, 0.2) is 0 Å². The number of fused-ring (bicyclic) bond motifs is 1. The SMILES string of the molecule is O[C@@H]1C[C@H]2CNC[C@H]2C[C@H]1Oc1cc(F)ccc1Cl. The number of benzene rings is 1. The summed E-state index contributed by atoms with van der Waals surface area (Å²) in [7, 11) is 0. The number of hydrogen-bond donors (Lipinski definition) is 2. The molecule has 1 aromatic carbocycles. The van der Waals surface area contributed by atoms with E-state index in [0.29, 0.717) is 22.6 Å². The lowest BCUT2D eigenvalue weighted by atomic mass is 9.78. The Morgan fingerprint density at radius 3 is 2.79 bits per heavy atom. The molecule has 1 heterocycles. The Labute approximate surface area is 116 Å². The molecule has 4 atom stereocenters. The van der Waals surface area contributed by atoms with E-state index in [-0.39, 0.29) is 11.9 Å². The molecule has 1 aliphatic carbocycles. The monoisotopic (exact) mass is 285 g/mol. The van der Waals surface area contributed by atoms with Gasteiger partial charge in [-0.25, -0.2) is 4.39 Å². The van der Waals surface area contributed by atoms with Gasteiger partial charge in [-0.05, 0) is 49.9 Å². The maximum absolute atomic E-state index is 13.2. The van der Waals surface area contributed by atoms with Gasteiger partial charge in [0.05, 0.1) is 11.1 Å². The normalized spacial score (nSPS) is 34.1. The van der Waals surface area contributed by atoms with Crippen molar-refractivity contribution >= 4 is 11.6 Å². The molecule has 1 aliphatic heterocycles. The van der Waals surface area contributed by atoms with E-state index in [1.54, 1.807) is 0 Å². The van der Waals surface area contributed by atoms with Gasteiger partial charge in [-0.1, -0.05) is 11.6 Å². The second kappa shape index (κ2) is 5.27. The molecule has 104 valence electrons. The summed E-state index contributed by atoms with van der Waals surface area (Å²) >= 11 is 5.99. The van der Waals surface area contributed by atoms with E-state index in [2.05, 4.69) is 5.32 Å². The molecule has 3 rings (SSSR count). The van der Waals surface area contributed by atoms with Crippen LogP contribution < -0.4 is 10.1 Å². The van der Waals surface area contributed by atoms with Crippen LogP contribution in [0.5, 0.6) is 5.75 Å². The largest absolute Gasteiger partial charge is 0.486 e. The van der Waals surface area contributed by atoms with Gasteiger partial charge in [-0.15, -0.1) is 0 Å². The fraction of sp³-hybridized carbons (Fsp3) is 0.571. The van der Waals surface area contributed by atoms with Gasteiger partial charge in [0.2, 0.25) is 0 Å². The average Bonchev–Trinajstić information content (AvgIpc) is 2.81. The van der Waals surface area contributed by atoms with Gasteiger partial charge in [-0.2, -0.15) is 0 Å². The highest BCUT2D eigenvalue weighted by atomic mass is 35.5. The highest BCUT2D eigenvalue weighted by molar-refractivity contribution is 6.32. The third-order valence-corrected chi connectivity index (χ3v) is 4.47. The Morgan fingerprint density at radius 1 is 1.26 bits per heavy atom. The Morgan fingerprint density at radius 2 is 2.00 bits per heavy atom. The minimum absolute atomic E-state index is 0.305. The molecule has 1 saturated heterocycles.